The molecule has 4 heteroatoms. The molecule has 1 rings (SSSR count). The maximum absolute atomic E-state index is 11.3. The van der Waals surface area contributed by atoms with E-state index in [0.29, 0.717) is 5.56 Å². The molecule has 1 aromatic heterocycles. The van der Waals surface area contributed by atoms with E-state index in [4.69, 9.17) is 0 Å². The van der Waals surface area contributed by atoms with E-state index in [1.165, 1.54) is 11.8 Å². The Kier molecular flexibility index (Phi) is 2.34. The van der Waals surface area contributed by atoms with Crippen molar-refractivity contribution in [3.63, 3.8) is 0 Å². The number of hydrogen-bond acceptors (Lipinski definition) is 3. The Morgan fingerprint density at radius 3 is 2.82 bits per heavy atom. The van der Waals surface area contributed by atoms with Crippen molar-refractivity contribution in [2.24, 2.45) is 7.05 Å². The van der Waals surface area contributed by atoms with E-state index in [1.54, 1.807) is 24.7 Å². The summed E-state index contributed by atoms with van der Waals surface area (Å²) < 4.78 is 1.56. The Balaban J connectivity index is 3.37. The lowest BCUT2D eigenvalue weighted by Crippen LogP contribution is -2.21. The zero-order valence-corrected chi connectivity index (χ0v) is 7.60. The zero-order chi connectivity index (χ0) is 8.43. The predicted octanol–water partition coefficient (Wildman–Crippen LogP) is 0.811. The van der Waals surface area contributed by atoms with E-state index >= 15 is 0 Å². The highest BCUT2D eigenvalue weighted by Crippen LogP contribution is 2.06. The smallest absolute Gasteiger partial charge is 0.256 e. The molecule has 0 atom stereocenters. The lowest BCUT2D eigenvalue weighted by atomic mass is 10.4. The van der Waals surface area contributed by atoms with Crippen LogP contribution in [0.3, 0.4) is 0 Å². The molecule has 0 aliphatic rings. The molecular weight excluding hydrogens is 160 g/mol. The van der Waals surface area contributed by atoms with E-state index in [-0.39, 0.29) is 5.56 Å². The van der Waals surface area contributed by atoms with Crippen molar-refractivity contribution in [3.8, 4) is 0 Å². The van der Waals surface area contributed by atoms with Gasteiger partial charge in [-0.15, -0.1) is 0 Å². The van der Waals surface area contributed by atoms with Crippen LogP contribution >= 0.6 is 11.8 Å². The summed E-state index contributed by atoms with van der Waals surface area (Å²) in [4.78, 5) is 15.3. The largest absolute Gasteiger partial charge is 0.291 e. The molecular formula is C7H10N2OS. The highest BCUT2D eigenvalue weighted by molar-refractivity contribution is 7.98. The van der Waals surface area contributed by atoms with Crippen LogP contribution in [0, 0.1) is 6.92 Å². The molecule has 0 saturated heterocycles. The van der Waals surface area contributed by atoms with Gasteiger partial charge in [-0.1, -0.05) is 11.8 Å². The van der Waals surface area contributed by atoms with Crippen LogP contribution in [-0.4, -0.2) is 15.8 Å². The van der Waals surface area contributed by atoms with Gasteiger partial charge in [0.25, 0.3) is 5.56 Å². The van der Waals surface area contributed by atoms with Gasteiger partial charge in [-0.3, -0.25) is 9.36 Å². The fourth-order valence-electron chi connectivity index (χ4n) is 0.835. The van der Waals surface area contributed by atoms with E-state index in [0.717, 1.165) is 5.16 Å². The summed E-state index contributed by atoms with van der Waals surface area (Å²) in [6.07, 6.45) is 3.51. The first-order valence-corrected chi connectivity index (χ1v) is 4.46. The number of aryl methyl sites for hydroxylation is 1. The van der Waals surface area contributed by atoms with Gasteiger partial charge in [-0.05, 0) is 13.2 Å². The Bertz CT molecular complexity index is 319. The minimum atomic E-state index is 0.0318. The molecule has 0 aliphatic heterocycles. The molecule has 60 valence electrons. The summed E-state index contributed by atoms with van der Waals surface area (Å²) in [7, 11) is 1.73. The first kappa shape index (κ1) is 8.33. The van der Waals surface area contributed by atoms with Crippen LogP contribution in [0.4, 0.5) is 0 Å². The Morgan fingerprint density at radius 2 is 2.27 bits per heavy atom. The average molecular weight is 170 g/mol. The lowest BCUT2D eigenvalue weighted by molar-refractivity contribution is 0.701. The molecule has 11 heavy (non-hydrogen) atoms. The predicted molar refractivity (Wildman–Crippen MR) is 46.0 cm³/mol. The normalized spacial score (nSPS) is 10.1. The summed E-state index contributed by atoms with van der Waals surface area (Å²) in [5.74, 6) is 0. The van der Waals surface area contributed by atoms with Crippen LogP contribution in [0.25, 0.3) is 0 Å². The van der Waals surface area contributed by atoms with E-state index in [9.17, 15) is 4.79 Å². The minimum Gasteiger partial charge on any atom is -0.291 e. The van der Waals surface area contributed by atoms with Crippen LogP contribution in [-0.2, 0) is 7.05 Å². The molecule has 0 spiro atoms. The second-order valence-corrected chi connectivity index (χ2v) is 3.07. The second-order valence-electron chi connectivity index (χ2n) is 2.29. The van der Waals surface area contributed by atoms with Gasteiger partial charge in [0.1, 0.15) is 0 Å². The molecule has 0 aromatic carbocycles. The number of thioether (sulfide) groups is 1. The maximum Gasteiger partial charge on any atom is 0.256 e. The first-order valence-electron chi connectivity index (χ1n) is 3.23. The highest BCUT2D eigenvalue weighted by atomic mass is 32.2. The molecule has 0 radical (unpaired) electrons. The number of hydrogen-bond donors (Lipinski definition) is 0. The van der Waals surface area contributed by atoms with Gasteiger partial charge < -0.3 is 0 Å². The molecule has 0 fully saturated rings. The van der Waals surface area contributed by atoms with Crippen LogP contribution in [0.1, 0.15) is 5.56 Å². The Hall–Kier alpha value is -0.770. The second kappa shape index (κ2) is 3.09. The number of rotatable bonds is 1. The van der Waals surface area contributed by atoms with Crippen molar-refractivity contribution in [3.05, 3.63) is 22.1 Å². The third-order valence-electron chi connectivity index (χ3n) is 1.48. The molecule has 0 bridgehead atoms. The minimum absolute atomic E-state index is 0.0318. The van der Waals surface area contributed by atoms with Crippen molar-refractivity contribution >= 4 is 11.8 Å². The summed E-state index contributed by atoms with van der Waals surface area (Å²) in [5, 5.41) is 0.751. The summed E-state index contributed by atoms with van der Waals surface area (Å²) >= 11 is 1.47. The fraction of sp³-hybridized carbons (Fsp3) is 0.429. The third-order valence-corrected chi connectivity index (χ3v) is 2.22. The summed E-state index contributed by atoms with van der Waals surface area (Å²) in [6, 6.07) is 0. The quantitative estimate of drug-likeness (QED) is 0.462. The molecule has 0 amide bonds. The van der Waals surface area contributed by atoms with Gasteiger partial charge in [0, 0.05) is 18.8 Å². The maximum atomic E-state index is 11.3. The summed E-state index contributed by atoms with van der Waals surface area (Å²) in [5.41, 5.74) is 0.717. The van der Waals surface area contributed by atoms with Crippen molar-refractivity contribution in [1.82, 2.24) is 9.55 Å². The monoisotopic (exact) mass is 170 g/mol. The molecule has 3 nitrogen and oxygen atoms in total. The Labute approximate surface area is 69.5 Å². The molecule has 1 aromatic rings. The van der Waals surface area contributed by atoms with Gasteiger partial charge in [0.05, 0.1) is 0 Å². The van der Waals surface area contributed by atoms with Crippen LogP contribution in [0.5, 0.6) is 0 Å². The van der Waals surface area contributed by atoms with Gasteiger partial charge >= 0.3 is 0 Å². The first-order chi connectivity index (χ1) is 5.16. The SMILES string of the molecule is CSc1ncc(C)c(=O)n1C. The van der Waals surface area contributed by atoms with Crippen LogP contribution in [0.2, 0.25) is 0 Å². The van der Waals surface area contributed by atoms with Crippen molar-refractivity contribution in [1.29, 1.82) is 0 Å². The molecule has 1 heterocycles. The van der Waals surface area contributed by atoms with Crippen LogP contribution < -0.4 is 5.56 Å². The zero-order valence-electron chi connectivity index (χ0n) is 6.79. The van der Waals surface area contributed by atoms with Crippen molar-refractivity contribution < 1.29 is 0 Å². The van der Waals surface area contributed by atoms with Crippen molar-refractivity contribution in [2.75, 3.05) is 6.26 Å². The van der Waals surface area contributed by atoms with E-state index in [2.05, 4.69) is 4.98 Å². The molecule has 0 unspecified atom stereocenters. The standard InChI is InChI=1S/C7H10N2OS/c1-5-4-8-7(11-3)9(2)6(5)10/h4H,1-3H3. The lowest BCUT2D eigenvalue weighted by Gasteiger charge is -2.03. The van der Waals surface area contributed by atoms with Crippen LogP contribution in [0.15, 0.2) is 16.1 Å². The van der Waals surface area contributed by atoms with E-state index in [1.807, 2.05) is 6.26 Å². The molecule has 0 saturated carbocycles. The van der Waals surface area contributed by atoms with Gasteiger partial charge in [0.2, 0.25) is 0 Å². The summed E-state index contributed by atoms with van der Waals surface area (Å²) in [6.45, 7) is 1.76. The average Bonchev–Trinajstić information content (AvgIpc) is 2.01. The third kappa shape index (κ3) is 1.45. The number of aromatic nitrogens is 2. The number of nitrogens with zero attached hydrogens (tertiary/aromatic N) is 2. The molecule has 0 N–H and O–H groups in total. The Morgan fingerprint density at radius 1 is 1.64 bits per heavy atom. The topological polar surface area (TPSA) is 34.9 Å². The van der Waals surface area contributed by atoms with Gasteiger partial charge in [-0.25, -0.2) is 4.98 Å². The van der Waals surface area contributed by atoms with E-state index < -0.39 is 0 Å². The van der Waals surface area contributed by atoms with Gasteiger partial charge in [0.15, 0.2) is 5.16 Å². The fourth-order valence-corrected chi connectivity index (χ4v) is 1.35. The van der Waals surface area contributed by atoms with Crippen molar-refractivity contribution in [2.45, 2.75) is 12.1 Å². The molecule has 0 aliphatic carbocycles. The van der Waals surface area contributed by atoms with Gasteiger partial charge in [-0.2, -0.15) is 0 Å². The highest BCUT2D eigenvalue weighted by Gasteiger charge is 2.00.